The maximum atomic E-state index is 14.0. The molecule has 0 unspecified atom stereocenters. The smallest absolute Gasteiger partial charge is 0.258 e. The number of aromatic nitrogens is 4. The third kappa shape index (κ3) is 4.99. The van der Waals surface area contributed by atoms with Crippen molar-refractivity contribution >= 4 is 23.1 Å². The Hall–Kier alpha value is -4.65. The highest BCUT2D eigenvalue weighted by molar-refractivity contribution is 5.60. The number of halogens is 2. The summed E-state index contributed by atoms with van der Waals surface area (Å²) in [5, 5.41) is 30.2. The molecule has 0 bridgehead atoms. The monoisotopic (exact) mass is 487 g/mol. The summed E-state index contributed by atoms with van der Waals surface area (Å²) in [5.74, 6) is -1.38. The van der Waals surface area contributed by atoms with Gasteiger partial charge >= 0.3 is 5.69 Å². The van der Waals surface area contributed by atoms with Gasteiger partial charge in [-0.15, -0.1) is 0 Å². The van der Waals surface area contributed by atoms with Crippen LogP contribution in [0.3, 0.4) is 0 Å². The van der Waals surface area contributed by atoms with Gasteiger partial charge < -0.3 is 0 Å². The highest BCUT2D eigenvalue weighted by atomic mass is 19.1. The van der Waals surface area contributed by atoms with Gasteiger partial charge in [0, 0.05) is 23.3 Å². The third-order valence-electron chi connectivity index (χ3n) is 5.44. The minimum Gasteiger partial charge on any atom is -0.258 e. The molecule has 5 rings (SSSR count). The van der Waals surface area contributed by atoms with Gasteiger partial charge in [0.2, 0.25) is 6.08 Å². The van der Waals surface area contributed by atoms with Gasteiger partial charge in [-0.2, -0.15) is 9.67 Å². The largest absolute Gasteiger partial charge is 0.365 e. The van der Waals surface area contributed by atoms with Gasteiger partial charge in [0.1, 0.15) is 11.6 Å². The number of tetrazole rings is 1. The van der Waals surface area contributed by atoms with E-state index in [-0.39, 0.29) is 34.3 Å². The molecule has 2 fully saturated rings. The SMILES string of the molecule is O=C=Nc1cc([N+](=O)[O-])cc(F)c1C1CC1.O=c1[nH]nnn1-c1cc([N+](=O)[O-])cc(F)c1C1CC1. The Labute approximate surface area is 193 Å². The molecule has 1 aromatic heterocycles. The van der Waals surface area contributed by atoms with Crippen molar-refractivity contribution in [2.24, 2.45) is 4.99 Å². The number of isocyanates is 1. The molecule has 0 saturated heterocycles. The Morgan fingerprint density at radius 3 is 2.00 bits per heavy atom. The molecule has 2 saturated carbocycles. The van der Waals surface area contributed by atoms with Crippen LogP contribution in [0.5, 0.6) is 0 Å². The highest BCUT2D eigenvalue weighted by Gasteiger charge is 2.33. The summed E-state index contributed by atoms with van der Waals surface area (Å²) >= 11 is 0. The van der Waals surface area contributed by atoms with Crippen LogP contribution in [0.25, 0.3) is 5.69 Å². The second-order valence-corrected chi connectivity index (χ2v) is 7.90. The lowest BCUT2D eigenvalue weighted by Crippen LogP contribution is -2.18. The van der Waals surface area contributed by atoms with Crippen LogP contribution >= 0.6 is 0 Å². The number of hydrogen-bond donors (Lipinski definition) is 1. The van der Waals surface area contributed by atoms with Gasteiger partial charge in [0.15, 0.2) is 0 Å². The van der Waals surface area contributed by atoms with Crippen molar-refractivity contribution in [3.05, 3.63) is 77.7 Å². The average molecular weight is 487 g/mol. The van der Waals surface area contributed by atoms with Crippen molar-refractivity contribution in [2.45, 2.75) is 37.5 Å². The van der Waals surface area contributed by atoms with Gasteiger partial charge in [-0.3, -0.25) is 20.2 Å². The van der Waals surface area contributed by atoms with Crippen molar-refractivity contribution in [3.8, 4) is 5.69 Å². The van der Waals surface area contributed by atoms with Gasteiger partial charge in [-0.1, -0.05) is 0 Å². The number of nitro groups is 2. The minimum atomic E-state index is -0.719. The lowest BCUT2D eigenvalue weighted by atomic mass is 10.1. The number of non-ortho nitro benzene ring substituents is 2. The first kappa shape index (κ1) is 23.5. The van der Waals surface area contributed by atoms with Crippen LogP contribution in [0.2, 0.25) is 0 Å². The fourth-order valence-electron chi connectivity index (χ4n) is 3.61. The van der Waals surface area contributed by atoms with E-state index in [0.717, 1.165) is 54.6 Å². The standard InChI is InChI=1S/C10H8FN5O3.C10H7FN2O3/c11-7-3-6(16(18)19)4-8(9(7)5-1-2-5)15-10(17)12-13-14-15;11-8-3-7(13(15)16)4-9(12-5-14)10(8)6-1-2-6/h3-5H,1-2H2,(H,12,14,17);3-4,6H,1-2H2. The summed E-state index contributed by atoms with van der Waals surface area (Å²) in [4.78, 5) is 44.8. The van der Waals surface area contributed by atoms with Crippen molar-refractivity contribution in [1.29, 1.82) is 0 Å². The van der Waals surface area contributed by atoms with E-state index in [9.17, 15) is 38.6 Å². The van der Waals surface area contributed by atoms with Gasteiger partial charge in [0.25, 0.3) is 11.4 Å². The molecule has 35 heavy (non-hydrogen) atoms. The summed E-state index contributed by atoms with van der Waals surface area (Å²) in [6.45, 7) is 0. The van der Waals surface area contributed by atoms with Crippen molar-refractivity contribution in [2.75, 3.05) is 0 Å². The molecular formula is C20H15F2N7O6. The predicted octanol–water partition coefficient (Wildman–Crippen LogP) is 3.46. The van der Waals surface area contributed by atoms with Gasteiger partial charge in [-0.25, -0.2) is 23.5 Å². The molecule has 3 aromatic rings. The number of aliphatic imine (C=N–C) groups is 1. The molecular weight excluding hydrogens is 472 g/mol. The molecule has 0 amide bonds. The van der Waals surface area contributed by atoms with E-state index < -0.39 is 38.5 Å². The molecule has 2 aliphatic carbocycles. The zero-order chi connectivity index (χ0) is 25.3. The normalized spacial score (nSPS) is 14.5. The molecule has 1 heterocycles. The summed E-state index contributed by atoms with van der Waals surface area (Å²) < 4.78 is 28.4. The summed E-state index contributed by atoms with van der Waals surface area (Å²) in [6, 6.07) is 3.96. The number of carbonyl (C=O) groups excluding carboxylic acids is 1. The molecule has 0 radical (unpaired) electrons. The van der Waals surface area contributed by atoms with Crippen LogP contribution < -0.4 is 5.69 Å². The molecule has 13 nitrogen and oxygen atoms in total. The van der Waals surface area contributed by atoms with Crippen molar-refractivity contribution < 1.29 is 23.4 Å². The van der Waals surface area contributed by atoms with Crippen molar-refractivity contribution in [3.63, 3.8) is 0 Å². The number of hydrogen-bond acceptors (Lipinski definition) is 9. The number of aromatic amines is 1. The molecule has 0 spiro atoms. The Bertz CT molecular complexity index is 1440. The van der Waals surface area contributed by atoms with Crippen LogP contribution in [0, 0.1) is 31.9 Å². The van der Waals surface area contributed by atoms with Crippen LogP contribution in [0.15, 0.2) is 34.1 Å². The van der Waals surface area contributed by atoms with E-state index in [2.05, 4.69) is 20.5 Å². The van der Waals surface area contributed by atoms with E-state index in [0.29, 0.717) is 0 Å². The van der Waals surface area contributed by atoms with Crippen LogP contribution in [-0.2, 0) is 4.79 Å². The van der Waals surface area contributed by atoms with E-state index in [1.165, 1.54) is 6.08 Å². The maximum absolute atomic E-state index is 14.0. The average Bonchev–Trinajstić information content (AvgIpc) is 3.73. The Morgan fingerprint density at radius 1 is 0.971 bits per heavy atom. The molecule has 0 atom stereocenters. The Kier molecular flexibility index (Phi) is 6.25. The van der Waals surface area contributed by atoms with Crippen LogP contribution in [0.4, 0.5) is 25.8 Å². The fraction of sp³-hybridized carbons (Fsp3) is 0.300. The number of nitrogens with zero attached hydrogens (tertiary/aromatic N) is 6. The number of H-pyrrole nitrogens is 1. The van der Waals surface area contributed by atoms with Crippen LogP contribution in [-0.4, -0.2) is 36.1 Å². The molecule has 1 N–H and O–H groups in total. The van der Waals surface area contributed by atoms with E-state index in [1.54, 1.807) is 0 Å². The zero-order valence-electron chi connectivity index (χ0n) is 17.7. The molecule has 15 heteroatoms. The molecule has 0 aliphatic heterocycles. The summed E-state index contributed by atoms with van der Waals surface area (Å²) in [5.41, 5.74) is -0.836. The first-order valence-electron chi connectivity index (χ1n) is 10.3. The van der Waals surface area contributed by atoms with Crippen molar-refractivity contribution in [1.82, 2.24) is 20.2 Å². The predicted molar refractivity (Wildman–Crippen MR) is 113 cm³/mol. The Balaban J connectivity index is 0.000000168. The zero-order valence-corrected chi connectivity index (χ0v) is 17.7. The second-order valence-electron chi connectivity index (χ2n) is 7.90. The van der Waals surface area contributed by atoms with E-state index >= 15 is 0 Å². The number of benzene rings is 2. The maximum Gasteiger partial charge on any atom is 0.365 e. The molecule has 180 valence electrons. The van der Waals surface area contributed by atoms with Gasteiger partial charge in [0.05, 0.1) is 33.4 Å². The summed E-state index contributed by atoms with van der Waals surface area (Å²) in [6.07, 6.45) is 4.49. The topological polar surface area (TPSA) is 179 Å². The summed E-state index contributed by atoms with van der Waals surface area (Å²) in [7, 11) is 0. The lowest BCUT2D eigenvalue weighted by molar-refractivity contribution is -0.385. The lowest BCUT2D eigenvalue weighted by Gasteiger charge is -2.08. The molecule has 2 aliphatic rings. The van der Waals surface area contributed by atoms with Crippen LogP contribution in [0.1, 0.15) is 48.6 Å². The minimum absolute atomic E-state index is 0.0178. The first-order chi connectivity index (χ1) is 16.7. The fourth-order valence-corrected chi connectivity index (χ4v) is 3.61. The molecule has 2 aromatic carbocycles. The highest BCUT2D eigenvalue weighted by Crippen LogP contribution is 2.47. The van der Waals surface area contributed by atoms with E-state index in [4.69, 9.17) is 0 Å². The second kappa shape index (κ2) is 9.30. The Morgan fingerprint density at radius 2 is 1.51 bits per heavy atom. The first-order valence-corrected chi connectivity index (χ1v) is 10.3. The quantitative estimate of drug-likeness (QED) is 0.237. The number of rotatable bonds is 6. The number of nitrogens with one attached hydrogen (secondary N) is 1. The van der Waals surface area contributed by atoms with Gasteiger partial charge in [-0.05, 0) is 47.9 Å². The van der Waals surface area contributed by atoms with E-state index in [1.807, 2.05) is 0 Å². The third-order valence-corrected chi connectivity index (χ3v) is 5.44. The number of nitro benzene ring substituents is 2.